The van der Waals surface area contributed by atoms with Crippen molar-refractivity contribution in [1.82, 2.24) is 4.98 Å². The Bertz CT molecular complexity index is 761. The Morgan fingerprint density at radius 2 is 2.00 bits per heavy atom. The fourth-order valence-electron chi connectivity index (χ4n) is 1.69. The van der Waals surface area contributed by atoms with Crippen molar-refractivity contribution in [3.8, 4) is 5.75 Å². The lowest BCUT2D eigenvalue weighted by Gasteiger charge is -2.14. The van der Waals surface area contributed by atoms with Crippen LogP contribution in [0.4, 0.5) is 4.39 Å². The second-order valence-electron chi connectivity index (χ2n) is 6.01. The molecular weight excluding hydrogens is 351 g/mol. The van der Waals surface area contributed by atoms with Crippen LogP contribution in [0.5, 0.6) is 5.75 Å². The molecule has 1 aromatic heterocycles. The summed E-state index contributed by atoms with van der Waals surface area (Å²) in [6, 6.07) is 9.49. The first kappa shape index (κ1) is 18.5. The van der Waals surface area contributed by atoms with Gasteiger partial charge in [0.05, 0.1) is 22.7 Å². The zero-order valence-corrected chi connectivity index (χ0v) is 15.2. The fourth-order valence-corrected chi connectivity index (χ4v) is 2.40. The first-order valence-corrected chi connectivity index (χ1v) is 8.74. The van der Waals surface area contributed by atoms with E-state index in [0.717, 1.165) is 5.56 Å². The van der Waals surface area contributed by atoms with Crippen molar-refractivity contribution in [2.24, 2.45) is 4.40 Å². The quantitative estimate of drug-likeness (QED) is 0.583. The summed E-state index contributed by atoms with van der Waals surface area (Å²) in [5.74, 6) is -0.549. The topological polar surface area (TPSA) is 51.5 Å². The fraction of sp³-hybridized carbons (Fsp3) is 0.294. The van der Waals surface area contributed by atoms with Gasteiger partial charge < -0.3 is 4.74 Å². The summed E-state index contributed by atoms with van der Waals surface area (Å²) in [4.78, 5) is 3.57. The van der Waals surface area contributed by atoms with Gasteiger partial charge in [0.15, 0.2) is 0 Å². The Morgan fingerprint density at radius 1 is 1.33 bits per heavy atom. The molecule has 128 valence electrons. The molecule has 0 aliphatic carbocycles. The maximum absolute atomic E-state index is 13.6. The summed E-state index contributed by atoms with van der Waals surface area (Å²) in [5.41, 5.74) is 1.16. The molecule has 0 saturated heterocycles. The highest BCUT2D eigenvalue weighted by Crippen LogP contribution is 2.27. The maximum atomic E-state index is 13.6. The van der Waals surface area contributed by atoms with Crippen LogP contribution in [-0.2, 0) is 17.6 Å². The molecule has 1 aromatic carbocycles. The van der Waals surface area contributed by atoms with Crippen LogP contribution in [0.3, 0.4) is 0 Å². The van der Waals surface area contributed by atoms with Gasteiger partial charge >= 0.3 is 0 Å². The Hall–Kier alpha value is -1.79. The maximum Gasteiger partial charge on any atom is 0.232 e. The smallest absolute Gasteiger partial charge is 0.232 e. The molecule has 7 heteroatoms. The summed E-state index contributed by atoms with van der Waals surface area (Å²) in [5, 5.41) is -0.213. The monoisotopic (exact) mass is 368 g/mol. The minimum atomic E-state index is -1.49. The van der Waals surface area contributed by atoms with Crippen molar-refractivity contribution < 1.29 is 13.3 Å². The number of nitrogens with zero attached hydrogens (tertiary/aromatic N) is 2. The molecule has 24 heavy (non-hydrogen) atoms. The van der Waals surface area contributed by atoms with E-state index in [2.05, 4.69) is 9.38 Å². The summed E-state index contributed by atoms with van der Waals surface area (Å²) in [6.45, 7) is 5.65. The molecule has 0 aliphatic rings. The average Bonchev–Trinajstić information content (AvgIpc) is 2.54. The average molecular weight is 369 g/mol. The van der Waals surface area contributed by atoms with Gasteiger partial charge in [-0.3, -0.25) is 0 Å². The Kier molecular flexibility index (Phi) is 6.07. The molecule has 4 nitrogen and oxygen atoms in total. The van der Waals surface area contributed by atoms with Crippen LogP contribution in [0.15, 0.2) is 40.9 Å². The molecule has 0 aliphatic heterocycles. The minimum absolute atomic E-state index is 0.213. The SMILES string of the molecule is CC(C)(C)S(=O)N=Cc1c(OCc2ccccc2)cnc(F)c1Cl. The molecule has 0 spiro atoms. The summed E-state index contributed by atoms with van der Waals surface area (Å²) in [6.07, 6.45) is 2.51. The molecule has 0 amide bonds. The van der Waals surface area contributed by atoms with E-state index in [0.29, 0.717) is 0 Å². The number of rotatable bonds is 5. The van der Waals surface area contributed by atoms with Gasteiger partial charge in [0, 0.05) is 0 Å². The predicted molar refractivity (Wildman–Crippen MR) is 95.5 cm³/mol. The highest BCUT2D eigenvalue weighted by Gasteiger charge is 2.19. The lowest BCUT2D eigenvalue weighted by atomic mass is 10.2. The van der Waals surface area contributed by atoms with Crippen LogP contribution in [0.2, 0.25) is 5.02 Å². The Balaban J connectivity index is 2.27. The van der Waals surface area contributed by atoms with Gasteiger partial charge in [-0.05, 0) is 26.3 Å². The van der Waals surface area contributed by atoms with Gasteiger partial charge in [0.25, 0.3) is 0 Å². The molecule has 0 bridgehead atoms. The van der Waals surface area contributed by atoms with E-state index in [1.807, 2.05) is 30.3 Å². The largest absolute Gasteiger partial charge is 0.487 e. The van der Waals surface area contributed by atoms with Crippen molar-refractivity contribution in [2.45, 2.75) is 32.1 Å². The van der Waals surface area contributed by atoms with E-state index in [1.165, 1.54) is 12.4 Å². The van der Waals surface area contributed by atoms with Crippen LogP contribution in [0, 0.1) is 5.95 Å². The van der Waals surface area contributed by atoms with Crippen molar-refractivity contribution >= 4 is 28.8 Å². The van der Waals surface area contributed by atoms with E-state index in [9.17, 15) is 8.60 Å². The number of halogens is 2. The third-order valence-corrected chi connectivity index (χ3v) is 4.72. The number of pyridine rings is 1. The normalized spacial score (nSPS) is 13.2. The predicted octanol–water partition coefficient (Wildman–Crippen LogP) is 4.33. The van der Waals surface area contributed by atoms with E-state index in [4.69, 9.17) is 16.3 Å². The molecule has 0 N–H and O–H groups in total. The second kappa shape index (κ2) is 7.85. The number of hydrogen-bond donors (Lipinski definition) is 0. The van der Waals surface area contributed by atoms with E-state index in [-0.39, 0.29) is 22.9 Å². The van der Waals surface area contributed by atoms with Crippen LogP contribution in [0.25, 0.3) is 0 Å². The summed E-state index contributed by atoms with van der Waals surface area (Å²) < 4.78 is 34.8. The van der Waals surface area contributed by atoms with Crippen LogP contribution < -0.4 is 4.74 Å². The third kappa shape index (κ3) is 4.85. The number of ether oxygens (including phenoxy) is 1. The van der Waals surface area contributed by atoms with Gasteiger partial charge in [0.1, 0.15) is 28.4 Å². The standard InChI is InChI=1S/C17H18ClFN2O2S/c1-17(2,3)24(22)21-9-13-14(10-20-16(19)15(13)18)23-11-12-7-5-4-6-8-12/h4-10H,11H2,1-3H3. The van der Waals surface area contributed by atoms with Gasteiger partial charge in [0.2, 0.25) is 5.95 Å². The first-order valence-electron chi connectivity index (χ1n) is 7.26. The number of hydrogen-bond acceptors (Lipinski definition) is 3. The van der Waals surface area contributed by atoms with Crippen LogP contribution >= 0.6 is 11.6 Å². The highest BCUT2D eigenvalue weighted by atomic mass is 35.5. The Labute approximate surface area is 148 Å². The lowest BCUT2D eigenvalue weighted by molar-refractivity contribution is 0.303. The van der Waals surface area contributed by atoms with Crippen molar-refractivity contribution in [2.75, 3.05) is 0 Å². The molecule has 1 heterocycles. The van der Waals surface area contributed by atoms with E-state index >= 15 is 0 Å². The second-order valence-corrected chi connectivity index (χ2v) is 8.32. The molecule has 2 rings (SSSR count). The molecule has 0 fully saturated rings. The third-order valence-electron chi connectivity index (χ3n) is 3.02. The molecule has 2 aromatic rings. The first-order chi connectivity index (χ1) is 11.3. The van der Waals surface area contributed by atoms with E-state index in [1.54, 1.807) is 20.8 Å². The van der Waals surface area contributed by atoms with Gasteiger partial charge in [-0.1, -0.05) is 41.9 Å². The zero-order chi connectivity index (χ0) is 17.7. The van der Waals surface area contributed by atoms with Gasteiger partial charge in [-0.15, -0.1) is 0 Å². The molecule has 1 unspecified atom stereocenters. The number of aromatic nitrogens is 1. The van der Waals surface area contributed by atoms with Gasteiger partial charge in [-0.2, -0.15) is 8.79 Å². The molecule has 0 saturated carbocycles. The van der Waals surface area contributed by atoms with Crippen molar-refractivity contribution in [3.05, 3.63) is 58.6 Å². The van der Waals surface area contributed by atoms with E-state index < -0.39 is 21.7 Å². The summed E-state index contributed by atoms with van der Waals surface area (Å²) >= 11 is 5.97. The highest BCUT2D eigenvalue weighted by molar-refractivity contribution is 7.85. The van der Waals surface area contributed by atoms with Gasteiger partial charge in [-0.25, -0.2) is 9.19 Å². The molecular formula is C17H18ClFN2O2S. The lowest BCUT2D eigenvalue weighted by Crippen LogP contribution is -2.19. The summed E-state index contributed by atoms with van der Waals surface area (Å²) in [7, 11) is -1.49. The zero-order valence-electron chi connectivity index (χ0n) is 13.6. The Morgan fingerprint density at radius 3 is 2.62 bits per heavy atom. The van der Waals surface area contributed by atoms with Crippen LogP contribution in [-0.4, -0.2) is 20.2 Å². The molecule has 1 atom stereocenters. The minimum Gasteiger partial charge on any atom is -0.487 e. The molecule has 0 radical (unpaired) electrons. The van der Waals surface area contributed by atoms with Crippen molar-refractivity contribution in [3.63, 3.8) is 0 Å². The van der Waals surface area contributed by atoms with Crippen LogP contribution in [0.1, 0.15) is 31.9 Å². The number of benzene rings is 1. The van der Waals surface area contributed by atoms with Crippen molar-refractivity contribution in [1.29, 1.82) is 0 Å².